The molecule has 2 nitrogen and oxygen atoms in total. The van der Waals surface area contributed by atoms with Gasteiger partial charge in [0.25, 0.3) is 0 Å². The fourth-order valence-corrected chi connectivity index (χ4v) is 2.65. The molecular weight excluding hydrogens is 222 g/mol. The van der Waals surface area contributed by atoms with E-state index in [9.17, 15) is 0 Å². The lowest BCUT2D eigenvalue weighted by molar-refractivity contribution is 0.100. The predicted octanol–water partition coefficient (Wildman–Crippen LogP) is 3.21. The SMILES string of the molecule is Cc1ccccc1CCC(N)CCC1CCCO1. The average molecular weight is 247 g/mol. The second-order valence-electron chi connectivity index (χ2n) is 5.44. The van der Waals surface area contributed by atoms with Gasteiger partial charge in [-0.25, -0.2) is 0 Å². The minimum absolute atomic E-state index is 0.314. The van der Waals surface area contributed by atoms with Crippen LogP contribution in [0.1, 0.15) is 43.2 Å². The molecule has 0 amide bonds. The van der Waals surface area contributed by atoms with Crippen molar-refractivity contribution in [3.63, 3.8) is 0 Å². The van der Waals surface area contributed by atoms with Crippen molar-refractivity contribution in [2.24, 2.45) is 5.73 Å². The van der Waals surface area contributed by atoms with Gasteiger partial charge in [-0.15, -0.1) is 0 Å². The van der Waals surface area contributed by atoms with Crippen molar-refractivity contribution in [1.82, 2.24) is 0 Å². The van der Waals surface area contributed by atoms with Crippen LogP contribution in [0, 0.1) is 6.92 Å². The Morgan fingerprint density at radius 1 is 1.33 bits per heavy atom. The zero-order valence-electron chi connectivity index (χ0n) is 11.4. The molecule has 2 atom stereocenters. The summed E-state index contributed by atoms with van der Waals surface area (Å²) < 4.78 is 5.63. The molecule has 2 unspecified atom stereocenters. The molecule has 1 aromatic carbocycles. The van der Waals surface area contributed by atoms with E-state index < -0.39 is 0 Å². The molecule has 1 aliphatic heterocycles. The van der Waals surface area contributed by atoms with Crippen molar-refractivity contribution in [3.8, 4) is 0 Å². The molecule has 1 fully saturated rings. The van der Waals surface area contributed by atoms with E-state index in [0.29, 0.717) is 12.1 Å². The topological polar surface area (TPSA) is 35.2 Å². The fourth-order valence-electron chi connectivity index (χ4n) is 2.65. The van der Waals surface area contributed by atoms with Gasteiger partial charge in [0.15, 0.2) is 0 Å². The Morgan fingerprint density at radius 3 is 2.89 bits per heavy atom. The van der Waals surface area contributed by atoms with Crippen LogP contribution in [-0.4, -0.2) is 18.8 Å². The standard InChI is InChI=1S/C16H25NO/c1-13-5-2-3-6-14(13)8-9-15(17)10-11-16-7-4-12-18-16/h2-3,5-6,15-16H,4,7-12,17H2,1H3. The first-order chi connectivity index (χ1) is 8.75. The number of aryl methyl sites for hydroxylation is 2. The summed E-state index contributed by atoms with van der Waals surface area (Å²) in [4.78, 5) is 0. The van der Waals surface area contributed by atoms with E-state index in [-0.39, 0.29) is 0 Å². The van der Waals surface area contributed by atoms with E-state index >= 15 is 0 Å². The van der Waals surface area contributed by atoms with Crippen LogP contribution in [0.25, 0.3) is 0 Å². The number of hydrogen-bond donors (Lipinski definition) is 1. The summed E-state index contributed by atoms with van der Waals surface area (Å²) in [6.45, 7) is 3.12. The van der Waals surface area contributed by atoms with E-state index in [0.717, 1.165) is 32.3 Å². The quantitative estimate of drug-likeness (QED) is 0.837. The summed E-state index contributed by atoms with van der Waals surface area (Å²) in [5.41, 5.74) is 9.01. The third-order valence-electron chi connectivity index (χ3n) is 3.93. The highest BCUT2D eigenvalue weighted by molar-refractivity contribution is 5.25. The Labute approximate surface area is 111 Å². The molecule has 0 spiro atoms. The first-order valence-corrected chi connectivity index (χ1v) is 7.17. The Hall–Kier alpha value is -0.860. The van der Waals surface area contributed by atoms with Crippen LogP contribution < -0.4 is 5.73 Å². The molecule has 0 bridgehead atoms. The summed E-state index contributed by atoms with van der Waals surface area (Å²) in [7, 11) is 0. The molecule has 1 heterocycles. The molecule has 2 N–H and O–H groups in total. The zero-order valence-corrected chi connectivity index (χ0v) is 11.4. The molecule has 18 heavy (non-hydrogen) atoms. The highest BCUT2D eigenvalue weighted by Crippen LogP contribution is 2.19. The van der Waals surface area contributed by atoms with Gasteiger partial charge in [0.05, 0.1) is 6.10 Å². The van der Waals surface area contributed by atoms with Crippen LogP contribution in [0.2, 0.25) is 0 Å². The van der Waals surface area contributed by atoms with Crippen molar-refractivity contribution in [2.45, 2.75) is 57.6 Å². The highest BCUT2D eigenvalue weighted by Gasteiger charge is 2.16. The second-order valence-corrected chi connectivity index (χ2v) is 5.44. The second kappa shape index (κ2) is 6.91. The molecule has 1 saturated heterocycles. The van der Waals surface area contributed by atoms with Crippen LogP contribution in [0.3, 0.4) is 0 Å². The third kappa shape index (κ3) is 4.11. The highest BCUT2D eigenvalue weighted by atomic mass is 16.5. The van der Waals surface area contributed by atoms with E-state index in [2.05, 4.69) is 31.2 Å². The Bertz CT molecular complexity index is 358. The molecule has 0 aliphatic carbocycles. The smallest absolute Gasteiger partial charge is 0.0576 e. The van der Waals surface area contributed by atoms with E-state index in [1.807, 2.05) is 0 Å². The molecule has 2 heteroatoms. The molecule has 0 saturated carbocycles. The maximum Gasteiger partial charge on any atom is 0.0576 e. The molecule has 2 rings (SSSR count). The third-order valence-corrected chi connectivity index (χ3v) is 3.93. The molecule has 1 aromatic rings. The van der Waals surface area contributed by atoms with Crippen LogP contribution in [0.4, 0.5) is 0 Å². The lowest BCUT2D eigenvalue weighted by Gasteiger charge is -2.15. The van der Waals surface area contributed by atoms with Gasteiger partial charge in [-0.2, -0.15) is 0 Å². The Morgan fingerprint density at radius 2 is 2.17 bits per heavy atom. The number of hydrogen-bond acceptors (Lipinski definition) is 2. The Balaban J connectivity index is 1.68. The summed E-state index contributed by atoms with van der Waals surface area (Å²) in [5, 5.41) is 0. The zero-order chi connectivity index (χ0) is 12.8. The number of nitrogens with two attached hydrogens (primary N) is 1. The first-order valence-electron chi connectivity index (χ1n) is 7.17. The normalized spacial score (nSPS) is 21.1. The van der Waals surface area contributed by atoms with Gasteiger partial charge in [0, 0.05) is 12.6 Å². The number of ether oxygens (including phenoxy) is 1. The number of rotatable bonds is 6. The first kappa shape index (κ1) is 13.6. The van der Waals surface area contributed by atoms with Crippen molar-refractivity contribution < 1.29 is 4.74 Å². The van der Waals surface area contributed by atoms with Crippen LogP contribution in [0.5, 0.6) is 0 Å². The minimum Gasteiger partial charge on any atom is -0.378 e. The molecule has 0 radical (unpaired) electrons. The van der Waals surface area contributed by atoms with Crippen molar-refractivity contribution in [3.05, 3.63) is 35.4 Å². The van der Waals surface area contributed by atoms with Gasteiger partial charge in [-0.3, -0.25) is 0 Å². The summed E-state index contributed by atoms with van der Waals surface area (Å²) >= 11 is 0. The fraction of sp³-hybridized carbons (Fsp3) is 0.625. The molecule has 0 aromatic heterocycles. The monoisotopic (exact) mass is 247 g/mol. The summed E-state index contributed by atoms with van der Waals surface area (Å²) in [6.07, 6.45) is 7.34. The van der Waals surface area contributed by atoms with Crippen LogP contribution >= 0.6 is 0 Å². The lowest BCUT2D eigenvalue weighted by atomic mass is 9.98. The van der Waals surface area contributed by atoms with Gasteiger partial charge >= 0.3 is 0 Å². The minimum atomic E-state index is 0.314. The van der Waals surface area contributed by atoms with Gasteiger partial charge in [0.1, 0.15) is 0 Å². The molecule has 1 aliphatic rings. The van der Waals surface area contributed by atoms with Gasteiger partial charge < -0.3 is 10.5 Å². The predicted molar refractivity (Wildman–Crippen MR) is 75.7 cm³/mol. The van der Waals surface area contributed by atoms with Crippen molar-refractivity contribution in [1.29, 1.82) is 0 Å². The maximum atomic E-state index is 6.19. The van der Waals surface area contributed by atoms with E-state index in [1.165, 1.54) is 24.0 Å². The lowest BCUT2D eigenvalue weighted by Crippen LogP contribution is -2.22. The molecular formula is C16H25NO. The van der Waals surface area contributed by atoms with Crippen molar-refractivity contribution in [2.75, 3.05) is 6.61 Å². The van der Waals surface area contributed by atoms with Crippen LogP contribution in [0.15, 0.2) is 24.3 Å². The Kier molecular flexibility index (Phi) is 5.21. The average Bonchev–Trinajstić information content (AvgIpc) is 2.88. The van der Waals surface area contributed by atoms with Crippen LogP contribution in [-0.2, 0) is 11.2 Å². The largest absolute Gasteiger partial charge is 0.378 e. The van der Waals surface area contributed by atoms with E-state index in [4.69, 9.17) is 10.5 Å². The summed E-state index contributed by atoms with van der Waals surface area (Å²) in [6, 6.07) is 8.90. The summed E-state index contributed by atoms with van der Waals surface area (Å²) in [5.74, 6) is 0. The van der Waals surface area contributed by atoms with Gasteiger partial charge in [-0.1, -0.05) is 24.3 Å². The van der Waals surface area contributed by atoms with Gasteiger partial charge in [0.2, 0.25) is 0 Å². The molecule has 100 valence electrons. The van der Waals surface area contributed by atoms with Gasteiger partial charge in [-0.05, 0) is 56.6 Å². The van der Waals surface area contributed by atoms with E-state index in [1.54, 1.807) is 0 Å². The van der Waals surface area contributed by atoms with Crippen molar-refractivity contribution >= 4 is 0 Å². The maximum absolute atomic E-state index is 6.19. The number of benzene rings is 1.